The van der Waals surface area contributed by atoms with Crippen molar-refractivity contribution in [3.63, 3.8) is 0 Å². The van der Waals surface area contributed by atoms with Crippen molar-refractivity contribution < 1.29 is 13.2 Å². The average molecular weight is 349 g/mol. The second-order valence-electron chi connectivity index (χ2n) is 6.28. The molecule has 3 rings (SSSR count). The molecule has 130 valence electrons. The van der Waals surface area contributed by atoms with E-state index in [-0.39, 0.29) is 10.8 Å². The lowest BCUT2D eigenvalue weighted by Crippen LogP contribution is -2.31. The van der Waals surface area contributed by atoms with Crippen molar-refractivity contribution in [2.24, 2.45) is 4.40 Å². The highest BCUT2D eigenvalue weighted by Gasteiger charge is 2.24. The molecule has 1 fully saturated rings. The van der Waals surface area contributed by atoms with Crippen LogP contribution in [-0.2, 0) is 14.8 Å². The lowest BCUT2D eigenvalue weighted by molar-refractivity contribution is -0.131. The van der Waals surface area contributed by atoms with Crippen LogP contribution in [0.2, 0.25) is 0 Å². The number of amides is 1. The Morgan fingerprint density at radius 3 is 2.58 bits per heavy atom. The van der Waals surface area contributed by atoms with E-state index in [1.54, 1.807) is 24.3 Å². The summed E-state index contributed by atoms with van der Waals surface area (Å²) < 4.78 is 28.2. The van der Waals surface area contributed by atoms with Crippen molar-refractivity contribution in [3.05, 3.63) is 24.3 Å². The maximum atomic E-state index is 12.3. The van der Waals surface area contributed by atoms with Crippen LogP contribution in [0, 0.1) is 0 Å². The number of amidine groups is 1. The minimum atomic E-state index is -3.64. The minimum absolute atomic E-state index is 0.163. The molecule has 2 aliphatic heterocycles. The summed E-state index contributed by atoms with van der Waals surface area (Å²) in [4.78, 5) is 14.4. The van der Waals surface area contributed by atoms with E-state index in [1.165, 1.54) is 12.8 Å². The first-order chi connectivity index (χ1) is 11.6. The van der Waals surface area contributed by atoms with Gasteiger partial charge in [0.1, 0.15) is 10.7 Å². The monoisotopic (exact) mass is 349 g/mol. The number of benzene rings is 1. The molecule has 2 aliphatic rings. The molecule has 0 unspecified atom stereocenters. The Morgan fingerprint density at radius 2 is 1.83 bits per heavy atom. The highest BCUT2D eigenvalue weighted by molar-refractivity contribution is 7.90. The van der Waals surface area contributed by atoms with E-state index in [9.17, 15) is 13.2 Å². The predicted molar refractivity (Wildman–Crippen MR) is 93.6 cm³/mol. The molecular formula is C17H23N3O3S. The molecule has 1 N–H and O–H groups in total. The van der Waals surface area contributed by atoms with Crippen molar-refractivity contribution in [3.8, 4) is 0 Å². The zero-order chi connectivity index (χ0) is 17.0. The lowest BCUT2D eigenvalue weighted by atomic mass is 10.2. The first kappa shape index (κ1) is 17.0. The van der Waals surface area contributed by atoms with Gasteiger partial charge in [0.2, 0.25) is 5.91 Å². The maximum Gasteiger partial charge on any atom is 0.286 e. The van der Waals surface area contributed by atoms with Crippen LogP contribution in [0.15, 0.2) is 33.6 Å². The number of hydrogen-bond acceptors (Lipinski definition) is 4. The van der Waals surface area contributed by atoms with Gasteiger partial charge >= 0.3 is 0 Å². The van der Waals surface area contributed by atoms with Gasteiger partial charge in [0.05, 0.1) is 5.69 Å². The Hall–Kier alpha value is -1.89. The fourth-order valence-electron chi connectivity index (χ4n) is 3.16. The Morgan fingerprint density at radius 1 is 1.12 bits per heavy atom. The number of para-hydroxylation sites is 1. The standard InChI is InChI=1S/C17H23N3O3S/c21-17(20-12-5-1-2-6-13-20)11-7-10-16-18-14-8-3-4-9-15(14)24(22,23)19-16/h3-4,8-9H,1-2,5-7,10-13H2,(H,18,19). The molecule has 0 aromatic heterocycles. The third-order valence-electron chi connectivity index (χ3n) is 4.44. The zero-order valence-corrected chi connectivity index (χ0v) is 14.5. The quantitative estimate of drug-likeness (QED) is 0.906. The lowest BCUT2D eigenvalue weighted by Gasteiger charge is -2.21. The van der Waals surface area contributed by atoms with Gasteiger partial charge < -0.3 is 10.2 Å². The van der Waals surface area contributed by atoms with Crippen LogP contribution in [-0.4, -0.2) is 38.2 Å². The van der Waals surface area contributed by atoms with E-state index >= 15 is 0 Å². The Bertz CT molecular complexity index is 735. The number of likely N-dealkylation sites (tertiary alicyclic amines) is 1. The molecule has 0 spiro atoms. The van der Waals surface area contributed by atoms with Crippen molar-refractivity contribution in [1.29, 1.82) is 0 Å². The number of sulfonamides is 1. The molecule has 6 nitrogen and oxygen atoms in total. The van der Waals surface area contributed by atoms with Gasteiger partial charge in [0.15, 0.2) is 0 Å². The van der Waals surface area contributed by atoms with Gasteiger partial charge in [-0.05, 0) is 31.4 Å². The molecule has 0 aliphatic carbocycles. The fourth-order valence-corrected chi connectivity index (χ4v) is 4.33. The number of nitrogens with one attached hydrogen (secondary N) is 1. The second-order valence-corrected chi connectivity index (χ2v) is 7.86. The summed E-state index contributed by atoms with van der Waals surface area (Å²) in [5.74, 6) is 0.578. The molecule has 2 heterocycles. The molecule has 1 amide bonds. The van der Waals surface area contributed by atoms with E-state index in [0.717, 1.165) is 25.9 Å². The second kappa shape index (κ2) is 7.34. The first-order valence-electron chi connectivity index (χ1n) is 8.54. The summed E-state index contributed by atoms with van der Waals surface area (Å²) in [6, 6.07) is 6.73. The van der Waals surface area contributed by atoms with Crippen molar-refractivity contribution >= 4 is 27.5 Å². The number of hydrogen-bond donors (Lipinski definition) is 1. The van der Waals surface area contributed by atoms with E-state index < -0.39 is 10.0 Å². The molecule has 0 radical (unpaired) electrons. The molecule has 1 aromatic rings. The average Bonchev–Trinajstić information content (AvgIpc) is 2.83. The van der Waals surface area contributed by atoms with Gasteiger partial charge in [-0.2, -0.15) is 8.42 Å². The molecule has 0 bridgehead atoms. The number of carbonyl (C=O) groups excluding carboxylic acids is 1. The zero-order valence-electron chi connectivity index (χ0n) is 13.7. The first-order valence-corrected chi connectivity index (χ1v) is 9.98. The van der Waals surface area contributed by atoms with Crippen molar-refractivity contribution in [1.82, 2.24) is 4.90 Å². The van der Waals surface area contributed by atoms with Crippen LogP contribution in [0.1, 0.15) is 44.9 Å². The number of nitrogens with zero attached hydrogens (tertiary/aromatic N) is 2. The summed E-state index contributed by atoms with van der Waals surface area (Å²) in [6.45, 7) is 1.69. The SMILES string of the molecule is O=C(CCCC1=NS(=O)(=O)c2ccccc2N1)N1CCCCCC1. The topological polar surface area (TPSA) is 78.8 Å². The van der Waals surface area contributed by atoms with E-state index in [4.69, 9.17) is 0 Å². The summed E-state index contributed by atoms with van der Waals surface area (Å²) in [5.41, 5.74) is 0.557. The van der Waals surface area contributed by atoms with Crippen LogP contribution < -0.4 is 5.32 Å². The minimum Gasteiger partial charge on any atom is -0.343 e. The van der Waals surface area contributed by atoms with Crippen molar-refractivity contribution in [2.45, 2.75) is 49.8 Å². The number of anilines is 1. The third-order valence-corrected chi connectivity index (χ3v) is 5.81. The van der Waals surface area contributed by atoms with Gasteiger partial charge in [0.25, 0.3) is 10.0 Å². The summed E-state index contributed by atoms with van der Waals surface area (Å²) >= 11 is 0. The Balaban J connectivity index is 1.56. The fraction of sp³-hybridized carbons (Fsp3) is 0.529. The van der Waals surface area contributed by atoms with Crippen LogP contribution >= 0.6 is 0 Å². The van der Waals surface area contributed by atoms with Gasteiger partial charge in [-0.1, -0.05) is 25.0 Å². The number of fused-ring (bicyclic) bond motifs is 1. The highest BCUT2D eigenvalue weighted by Crippen LogP contribution is 2.27. The molecule has 1 aromatic carbocycles. The van der Waals surface area contributed by atoms with Crippen LogP contribution in [0.5, 0.6) is 0 Å². The summed E-state index contributed by atoms with van der Waals surface area (Å²) in [6.07, 6.45) is 6.03. The van der Waals surface area contributed by atoms with Gasteiger partial charge in [-0.25, -0.2) is 0 Å². The Kier molecular flexibility index (Phi) is 5.18. The van der Waals surface area contributed by atoms with Crippen LogP contribution in [0.3, 0.4) is 0 Å². The van der Waals surface area contributed by atoms with E-state index in [2.05, 4.69) is 9.71 Å². The maximum absolute atomic E-state index is 12.3. The highest BCUT2D eigenvalue weighted by atomic mass is 32.2. The molecule has 24 heavy (non-hydrogen) atoms. The predicted octanol–water partition coefficient (Wildman–Crippen LogP) is 2.77. The van der Waals surface area contributed by atoms with Gasteiger partial charge in [0, 0.05) is 25.9 Å². The van der Waals surface area contributed by atoms with Crippen LogP contribution in [0.4, 0.5) is 5.69 Å². The summed E-state index contributed by atoms with van der Waals surface area (Å²) in [7, 11) is -3.64. The van der Waals surface area contributed by atoms with Crippen molar-refractivity contribution in [2.75, 3.05) is 18.4 Å². The van der Waals surface area contributed by atoms with Crippen LogP contribution in [0.25, 0.3) is 0 Å². The smallest absolute Gasteiger partial charge is 0.286 e. The molecule has 0 saturated carbocycles. The molecular weight excluding hydrogens is 326 g/mol. The molecule has 0 atom stereocenters. The largest absolute Gasteiger partial charge is 0.343 e. The normalized spacial score (nSPS) is 19.7. The van der Waals surface area contributed by atoms with Gasteiger partial charge in [-0.3, -0.25) is 4.79 Å². The number of rotatable bonds is 4. The van der Waals surface area contributed by atoms with Gasteiger partial charge in [-0.15, -0.1) is 4.40 Å². The Labute approximate surface area is 143 Å². The molecule has 1 saturated heterocycles. The van der Waals surface area contributed by atoms with E-state index in [1.807, 2.05) is 4.90 Å². The number of carbonyl (C=O) groups is 1. The van der Waals surface area contributed by atoms with E-state index in [0.29, 0.717) is 30.8 Å². The molecule has 7 heteroatoms. The third kappa shape index (κ3) is 3.95. The summed E-state index contributed by atoms with van der Waals surface area (Å²) in [5, 5.41) is 3.06.